The number of rotatable bonds is 5. The number of carbonyl (C=O) groups is 1. The van der Waals surface area contributed by atoms with Crippen LogP contribution in [0.25, 0.3) is 10.9 Å². The average molecular weight is 310 g/mol. The lowest BCUT2D eigenvalue weighted by atomic mass is 10.1. The van der Waals surface area contributed by atoms with Crippen LogP contribution in [0, 0.1) is 5.82 Å². The van der Waals surface area contributed by atoms with Crippen LogP contribution in [0.1, 0.15) is 17.5 Å². The third-order valence-electron chi connectivity index (χ3n) is 4.04. The molecular weight excluding hydrogens is 291 g/mol. The highest BCUT2D eigenvalue weighted by atomic mass is 19.1. The SMILES string of the molecule is CN(Cc1ccc(F)cc1)C(=O)CCc1c[nH]c2ccccc12. The molecule has 0 radical (unpaired) electrons. The first kappa shape index (κ1) is 15.3. The summed E-state index contributed by atoms with van der Waals surface area (Å²) in [4.78, 5) is 17.2. The smallest absolute Gasteiger partial charge is 0.222 e. The molecule has 0 aliphatic carbocycles. The van der Waals surface area contributed by atoms with E-state index in [1.165, 1.54) is 17.5 Å². The Balaban J connectivity index is 1.59. The highest BCUT2D eigenvalue weighted by Gasteiger charge is 2.11. The fourth-order valence-electron chi connectivity index (χ4n) is 2.72. The Hall–Kier alpha value is -2.62. The lowest BCUT2D eigenvalue weighted by molar-refractivity contribution is -0.130. The molecule has 0 fully saturated rings. The molecule has 0 unspecified atom stereocenters. The van der Waals surface area contributed by atoms with Crippen LogP contribution in [-0.4, -0.2) is 22.8 Å². The van der Waals surface area contributed by atoms with Gasteiger partial charge in [0.1, 0.15) is 5.82 Å². The van der Waals surface area contributed by atoms with E-state index in [-0.39, 0.29) is 11.7 Å². The molecular formula is C19H19FN2O. The number of nitrogens with one attached hydrogen (secondary N) is 1. The second kappa shape index (κ2) is 6.65. The maximum atomic E-state index is 12.9. The van der Waals surface area contributed by atoms with Gasteiger partial charge in [0.2, 0.25) is 5.91 Å². The first-order valence-electron chi connectivity index (χ1n) is 7.67. The van der Waals surface area contributed by atoms with Crippen LogP contribution in [-0.2, 0) is 17.8 Å². The van der Waals surface area contributed by atoms with Crippen LogP contribution >= 0.6 is 0 Å². The summed E-state index contributed by atoms with van der Waals surface area (Å²) in [5, 5.41) is 1.17. The Morgan fingerprint density at radius 1 is 1.13 bits per heavy atom. The molecule has 1 aromatic heterocycles. The van der Waals surface area contributed by atoms with Crippen molar-refractivity contribution in [2.75, 3.05) is 7.05 Å². The molecule has 0 bridgehead atoms. The van der Waals surface area contributed by atoms with Crippen molar-refractivity contribution >= 4 is 16.8 Å². The second-order valence-corrected chi connectivity index (χ2v) is 5.74. The molecule has 2 aromatic carbocycles. The molecule has 0 atom stereocenters. The summed E-state index contributed by atoms with van der Waals surface area (Å²) >= 11 is 0. The van der Waals surface area contributed by atoms with Crippen LogP contribution in [0.2, 0.25) is 0 Å². The number of hydrogen-bond donors (Lipinski definition) is 1. The quantitative estimate of drug-likeness (QED) is 0.762. The fraction of sp³-hybridized carbons (Fsp3) is 0.211. The van der Waals surface area contributed by atoms with Gasteiger partial charge < -0.3 is 9.88 Å². The van der Waals surface area contributed by atoms with Gasteiger partial charge in [-0.2, -0.15) is 0 Å². The topological polar surface area (TPSA) is 36.1 Å². The summed E-state index contributed by atoms with van der Waals surface area (Å²) in [6.07, 6.45) is 3.13. The number of aryl methyl sites for hydroxylation is 1. The number of nitrogens with zero attached hydrogens (tertiary/aromatic N) is 1. The molecule has 23 heavy (non-hydrogen) atoms. The van der Waals surface area contributed by atoms with E-state index in [1.54, 1.807) is 24.1 Å². The largest absolute Gasteiger partial charge is 0.361 e. The molecule has 1 amide bonds. The summed E-state index contributed by atoms with van der Waals surface area (Å²) in [6, 6.07) is 14.3. The van der Waals surface area contributed by atoms with E-state index in [2.05, 4.69) is 11.1 Å². The predicted molar refractivity (Wildman–Crippen MR) is 89.5 cm³/mol. The number of hydrogen-bond acceptors (Lipinski definition) is 1. The molecule has 0 spiro atoms. The lowest BCUT2D eigenvalue weighted by Gasteiger charge is -2.17. The van der Waals surface area contributed by atoms with Crippen molar-refractivity contribution in [2.24, 2.45) is 0 Å². The minimum Gasteiger partial charge on any atom is -0.361 e. The van der Waals surface area contributed by atoms with E-state index >= 15 is 0 Å². The van der Waals surface area contributed by atoms with Gasteiger partial charge in [0, 0.05) is 37.1 Å². The standard InChI is InChI=1S/C19H19FN2O/c1-22(13-14-6-9-16(20)10-7-14)19(23)11-8-15-12-21-18-5-3-2-4-17(15)18/h2-7,9-10,12,21H,8,11,13H2,1H3. The van der Waals surface area contributed by atoms with E-state index in [0.717, 1.165) is 16.6 Å². The van der Waals surface area contributed by atoms with Gasteiger partial charge in [-0.1, -0.05) is 30.3 Å². The number of aromatic amines is 1. The molecule has 1 heterocycles. The van der Waals surface area contributed by atoms with Crippen molar-refractivity contribution < 1.29 is 9.18 Å². The van der Waals surface area contributed by atoms with E-state index in [0.29, 0.717) is 19.4 Å². The molecule has 3 rings (SSSR count). The van der Waals surface area contributed by atoms with E-state index in [1.807, 2.05) is 24.4 Å². The Bertz CT molecular complexity index is 808. The van der Waals surface area contributed by atoms with Crippen molar-refractivity contribution in [1.82, 2.24) is 9.88 Å². The molecule has 0 aliphatic heterocycles. The van der Waals surface area contributed by atoms with Crippen LogP contribution in [0.5, 0.6) is 0 Å². The number of amides is 1. The summed E-state index contributed by atoms with van der Waals surface area (Å²) in [5.41, 5.74) is 3.17. The number of fused-ring (bicyclic) bond motifs is 1. The monoisotopic (exact) mass is 310 g/mol. The highest BCUT2D eigenvalue weighted by Crippen LogP contribution is 2.19. The van der Waals surface area contributed by atoms with Gasteiger partial charge in [-0.3, -0.25) is 4.79 Å². The highest BCUT2D eigenvalue weighted by molar-refractivity contribution is 5.84. The number of halogens is 1. The van der Waals surface area contributed by atoms with Gasteiger partial charge >= 0.3 is 0 Å². The Labute approximate surface area is 134 Å². The normalized spacial score (nSPS) is 10.9. The van der Waals surface area contributed by atoms with Gasteiger partial charge in [0.25, 0.3) is 0 Å². The summed E-state index contributed by atoms with van der Waals surface area (Å²) in [6.45, 7) is 0.493. The summed E-state index contributed by atoms with van der Waals surface area (Å²) < 4.78 is 12.9. The van der Waals surface area contributed by atoms with Crippen molar-refractivity contribution in [1.29, 1.82) is 0 Å². The maximum absolute atomic E-state index is 12.9. The molecule has 3 aromatic rings. The van der Waals surface area contributed by atoms with Crippen molar-refractivity contribution in [3.63, 3.8) is 0 Å². The first-order chi connectivity index (χ1) is 11.1. The third-order valence-corrected chi connectivity index (χ3v) is 4.04. The number of para-hydroxylation sites is 1. The third kappa shape index (κ3) is 3.59. The van der Waals surface area contributed by atoms with E-state index in [9.17, 15) is 9.18 Å². The molecule has 4 heteroatoms. The van der Waals surface area contributed by atoms with Crippen molar-refractivity contribution in [2.45, 2.75) is 19.4 Å². The number of H-pyrrole nitrogens is 1. The minimum atomic E-state index is -0.262. The number of benzene rings is 2. The zero-order valence-corrected chi connectivity index (χ0v) is 13.1. The zero-order valence-electron chi connectivity index (χ0n) is 13.1. The van der Waals surface area contributed by atoms with Gasteiger partial charge in [0.15, 0.2) is 0 Å². The zero-order chi connectivity index (χ0) is 16.2. The molecule has 0 aliphatic rings. The average Bonchev–Trinajstić information content (AvgIpc) is 2.98. The van der Waals surface area contributed by atoms with Crippen LogP contribution in [0.15, 0.2) is 54.7 Å². The van der Waals surface area contributed by atoms with Gasteiger partial charge in [0.05, 0.1) is 0 Å². The van der Waals surface area contributed by atoms with Crippen LogP contribution in [0.4, 0.5) is 4.39 Å². The van der Waals surface area contributed by atoms with Crippen LogP contribution in [0.3, 0.4) is 0 Å². The first-order valence-corrected chi connectivity index (χ1v) is 7.67. The fourth-order valence-corrected chi connectivity index (χ4v) is 2.72. The molecule has 118 valence electrons. The summed E-state index contributed by atoms with van der Waals surface area (Å²) in [7, 11) is 1.78. The lowest BCUT2D eigenvalue weighted by Crippen LogP contribution is -2.26. The predicted octanol–water partition coefficient (Wildman–Crippen LogP) is 3.90. The van der Waals surface area contributed by atoms with Gasteiger partial charge in [-0.25, -0.2) is 4.39 Å². The minimum absolute atomic E-state index is 0.0830. The molecule has 1 N–H and O–H groups in total. The molecule has 0 saturated heterocycles. The van der Waals surface area contributed by atoms with Crippen molar-refractivity contribution in [3.8, 4) is 0 Å². The second-order valence-electron chi connectivity index (χ2n) is 5.74. The van der Waals surface area contributed by atoms with Crippen LogP contribution < -0.4 is 0 Å². The molecule has 0 saturated carbocycles. The Morgan fingerprint density at radius 2 is 1.87 bits per heavy atom. The number of aromatic nitrogens is 1. The number of carbonyl (C=O) groups excluding carboxylic acids is 1. The van der Waals surface area contributed by atoms with E-state index in [4.69, 9.17) is 0 Å². The Morgan fingerprint density at radius 3 is 2.65 bits per heavy atom. The van der Waals surface area contributed by atoms with E-state index < -0.39 is 0 Å². The molecule has 3 nitrogen and oxygen atoms in total. The van der Waals surface area contributed by atoms with Gasteiger partial charge in [-0.15, -0.1) is 0 Å². The van der Waals surface area contributed by atoms with Crippen molar-refractivity contribution in [3.05, 3.63) is 71.7 Å². The Kier molecular flexibility index (Phi) is 4.42. The summed E-state index contributed by atoms with van der Waals surface area (Å²) in [5.74, 6) is -0.179. The maximum Gasteiger partial charge on any atom is 0.222 e. The van der Waals surface area contributed by atoms with Gasteiger partial charge in [-0.05, 0) is 35.7 Å².